The molecule has 0 unspecified atom stereocenters. The smallest absolute Gasteiger partial charge is 0.227 e. The fourth-order valence-corrected chi connectivity index (χ4v) is 1.91. The number of Topliss-reactive ketones (excluding diaryl/α,β-unsaturated/α-hetero) is 2. The van der Waals surface area contributed by atoms with Gasteiger partial charge in [-0.2, -0.15) is 0 Å². The summed E-state index contributed by atoms with van der Waals surface area (Å²) in [5.41, 5.74) is 0.422. The van der Waals surface area contributed by atoms with Gasteiger partial charge in [0.2, 0.25) is 23.1 Å². The van der Waals surface area contributed by atoms with Gasteiger partial charge in [-0.25, -0.2) is 0 Å². The van der Waals surface area contributed by atoms with Crippen LogP contribution in [0.5, 0.6) is 0 Å². The van der Waals surface area contributed by atoms with Crippen LogP contribution in [0.2, 0.25) is 0 Å². The van der Waals surface area contributed by atoms with Gasteiger partial charge in [-0.15, -0.1) is 0 Å². The highest BCUT2D eigenvalue weighted by Gasteiger charge is 2.37. The SMILES string of the molecule is [B]C([B])([B])OC1=C(OC([B])([B])[B])C(=O)C(CCC)=C(C)C1=O. The summed E-state index contributed by atoms with van der Waals surface area (Å²) in [6.45, 7) is 3.31. The van der Waals surface area contributed by atoms with E-state index in [1.54, 1.807) is 0 Å². The third kappa shape index (κ3) is 4.65. The normalized spacial score (nSPS) is 17.0. The summed E-state index contributed by atoms with van der Waals surface area (Å²) in [5, 5.41) is -4.41. The molecule has 0 aromatic rings. The molecule has 0 aliphatic heterocycles. The molecule has 0 amide bonds. The van der Waals surface area contributed by atoms with Crippen LogP contribution < -0.4 is 0 Å². The van der Waals surface area contributed by atoms with Gasteiger partial charge in [0.25, 0.3) is 0 Å². The number of rotatable bonds is 6. The maximum absolute atomic E-state index is 12.5. The number of ether oxygens (including phenoxy) is 2. The first-order chi connectivity index (χ1) is 9.87. The fourth-order valence-electron chi connectivity index (χ4n) is 1.91. The molecule has 0 N–H and O–H groups in total. The Morgan fingerprint density at radius 1 is 0.864 bits per heavy atom. The maximum atomic E-state index is 12.5. The highest BCUT2D eigenvalue weighted by atomic mass is 16.5. The number of hydrogen-bond donors (Lipinski definition) is 0. The van der Waals surface area contributed by atoms with Crippen molar-refractivity contribution in [2.24, 2.45) is 0 Å². The summed E-state index contributed by atoms with van der Waals surface area (Å²) in [4.78, 5) is 24.9. The lowest BCUT2D eigenvalue weighted by atomic mass is 9.52. The largest absolute Gasteiger partial charge is 0.509 e. The van der Waals surface area contributed by atoms with Gasteiger partial charge in [0.1, 0.15) is 47.1 Å². The predicted octanol–water partition coefficient (Wildman–Crippen LogP) is -1.27. The molecule has 10 heteroatoms. The van der Waals surface area contributed by atoms with Crippen LogP contribution in [0.25, 0.3) is 0 Å². The third-order valence-electron chi connectivity index (χ3n) is 2.74. The van der Waals surface area contributed by atoms with E-state index in [1.165, 1.54) is 6.92 Å². The predicted molar refractivity (Wildman–Crippen MR) is 86.8 cm³/mol. The van der Waals surface area contributed by atoms with Gasteiger partial charge in [0.05, 0.1) is 0 Å². The molecular formula is C12H10B6O4. The molecule has 0 saturated heterocycles. The van der Waals surface area contributed by atoms with Gasteiger partial charge in [-0.1, -0.05) is 13.3 Å². The maximum Gasteiger partial charge on any atom is 0.227 e. The Kier molecular flexibility index (Phi) is 5.58. The van der Waals surface area contributed by atoms with Crippen LogP contribution in [-0.4, -0.2) is 69.2 Å². The van der Waals surface area contributed by atoms with E-state index in [0.717, 1.165) is 0 Å². The van der Waals surface area contributed by atoms with Crippen LogP contribution in [0, 0.1) is 0 Å². The Balaban J connectivity index is 3.40. The van der Waals surface area contributed by atoms with Crippen LogP contribution in [0.1, 0.15) is 26.7 Å². The number of ketones is 2. The van der Waals surface area contributed by atoms with E-state index in [0.29, 0.717) is 12.8 Å². The van der Waals surface area contributed by atoms with E-state index in [4.69, 9.17) is 56.6 Å². The van der Waals surface area contributed by atoms with Gasteiger partial charge in [0.15, 0.2) is 0 Å². The second kappa shape index (κ2) is 6.51. The minimum absolute atomic E-state index is 0.176. The molecule has 0 bridgehead atoms. The lowest BCUT2D eigenvalue weighted by Gasteiger charge is -2.32. The van der Waals surface area contributed by atoms with Crippen molar-refractivity contribution >= 4 is 58.6 Å². The molecule has 1 rings (SSSR count). The lowest BCUT2D eigenvalue weighted by Crippen LogP contribution is -2.41. The van der Waals surface area contributed by atoms with E-state index in [2.05, 4.69) is 0 Å². The quantitative estimate of drug-likeness (QED) is 0.451. The highest BCUT2D eigenvalue weighted by Crippen LogP contribution is 2.31. The van der Waals surface area contributed by atoms with Gasteiger partial charge in [0, 0.05) is 11.1 Å². The van der Waals surface area contributed by atoms with E-state index >= 15 is 0 Å². The second-order valence-electron chi connectivity index (χ2n) is 5.08. The number of carbonyl (C=O) groups excluding carboxylic acids is 2. The second-order valence-corrected chi connectivity index (χ2v) is 5.08. The van der Waals surface area contributed by atoms with Crippen LogP contribution in [0.4, 0.5) is 0 Å². The van der Waals surface area contributed by atoms with Crippen LogP contribution in [-0.2, 0) is 19.1 Å². The topological polar surface area (TPSA) is 52.6 Å². The molecule has 0 aromatic heterocycles. The Hall–Kier alpha value is -1.19. The van der Waals surface area contributed by atoms with Gasteiger partial charge < -0.3 is 9.47 Å². The molecule has 12 radical (unpaired) electrons. The van der Waals surface area contributed by atoms with Crippen molar-refractivity contribution in [3.8, 4) is 0 Å². The van der Waals surface area contributed by atoms with Crippen molar-refractivity contribution in [2.45, 2.75) is 37.3 Å². The molecule has 1 aliphatic rings. The summed E-state index contributed by atoms with van der Waals surface area (Å²) in [6.07, 6.45) is 0.977. The zero-order valence-electron chi connectivity index (χ0n) is 12.5. The van der Waals surface area contributed by atoms with Gasteiger partial charge in [-0.05, 0) is 23.9 Å². The van der Waals surface area contributed by atoms with Crippen molar-refractivity contribution in [1.29, 1.82) is 0 Å². The monoisotopic (exact) mass is 284 g/mol. The van der Waals surface area contributed by atoms with Gasteiger partial charge >= 0.3 is 0 Å². The van der Waals surface area contributed by atoms with E-state index in [9.17, 15) is 9.59 Å². The van der Waals surface area contributed by atoms with E-state index in [1.807, 2.05) is 6.92 Å². The number of hydrogen-bond acceptors (Lipinski definition) is 4. The molecule has 0 spiro atoms. The van der Waals surface area contributed by atoms with Crippen molar-refractivity contribution < 1.29 is 19.1 Å². The zero-order chi connectivity index (χ0) is 17.3. The standard InChI is InChI=1S/C12H10B6O4/c1-3-4-6-5(2)7(19)9(21-11(13,14)15)10(8(6)20)22-12(16,17)18/h3-4H2,1-2H3. The average molecular weight is 283 g/mol. The number of allylic oxidation sites excluding steroid dienone is 2. The van der Waals surface area contributed by atoms with Crippen LogP contribution >= 0.6 is 0 Å². The molecule has 1 aliphatic carbocycles. The highest BCUT2D eigenvalue weighted by molar-refractivity contribution is 6.59. The van der Waals surface area contributed by atoms with Crippen molar-refractivity contribution in [3.05, 3.63) is 22.7 Å². The Morgan fingerprint density at radius 2 is 1.27 bits per heavy atom. The first-order valence-electron chi connectivity index (χ1n) is 6.52. The van der Waals surface area contributed by atoms with E-state index in [-0.39, 0.29) is 11.1 Å². The third-order valence-corrected chi connectivity index (χ3v) is 2.74. The van der Waals surface area contributed by atoms with Crippen LogP contribution in [0.15, 0.2) is 22.7 Å². The fraction of sp³-hybridized carbons (Fsp3) is 0.500. The molecule has 22 heavy (non-hydrogen) atoms. The van der Waals surface area contributed by atoms with E-state index < -0.39 is 33.7 Å². The molecule has 4 nitrogen and oxygen atoms in total. The summed E-state index contributed by atoms with van der Waals surface area (Å²) in [7, 11) is 31.9. The molecule has 0 aromatic carbocycles. The Morgan fingerprint density at radius 3 is 1.64 bits per heavy atom. The number of carbonyl (C=O) groups is 2. The molecule has 0 fully saturated rings. The van der Waals surface area contributed by atoms with Crippen molar-refractivity contribution in [2.75, 3.05) is 0 Å². The zero-order valence-corrected chi connectivity index (χ0v) is 12.5. The Labute approximate surface area is 138 Å². The minimum atomic E-state index is -2.21. The molecule has 0 heterocycles. The molecule has 0 atom stereocenters. The molecule has 100 valence electrons. The lowest BCUT2D eigenvalue weighted by molar-refractivity contribution is -0.122. The summed E-state index contributed by atoms with van der Waals surface area (Å²) < 4.78 is 9.89. The van der Waals surface area contributed by atoms with Gasteiger partial charge in [-0.3, -0.25) is 9.59 Å². The average Bonchev–Trinajstić information content (AvgIpc) is 2.34. The first kappa shape index (κ1) is 18.9. The molecular weight excluding hydrogens is 273 g/mol. The Bertz CT molecular complexity index is 553. The van der Waals surface area contributed by atoms with Crippen LogP contribution in [0.3, 0.4) is 0 Å². The first-order valence-corrected chi connectivity index (χ1v) is 6.52. The van der Waals surface area contributed by atoms with Crippen molar-refractivity contribution in [1.82, 2.24) is 0 Å². The summed E-state index contributed by atoms with van der Waals surface area (Å²) >= 11 is 0. The summed E-state index contributed by atoms with van der Waals surface area (Å²) in [5.74, 6) is -2.45. The summed E-state index contributed by atoms with van der Waals surface area (Å²) in [6, 6.07) is 0. The van der Waals surface area contributed by atoms with Crippen molar-refractivity contribution in [3.63, 3.8) is 0 Å². The molecule has 0 saturated carbocycles. The minimum Gasteiger partial charge on any atom is -0.509 e.